The Bertz CT molecular complexity index is 845. The number of nitrogens with one attached hydrogen (secondary N) is 1. The molecule has 128 valence electrons. The summed E-state index contributed by atoms with van der Waals surface area (Å²) in [5.41, 5.74) is 0.765. The predicted octanol–water partition coefficient (Wildman–Crippen LogP) is 3.22. The van der Waals surface area contributed by atoms with Gasteiger partial charge in [0.2, 0.25) is 0 Å². The van der Waals surface area contributed by atoms with Crippen molar-refractivity contribution in [3.63, 3.8) is 0 Å². The standard InChI is InChI=1S/C18H17N3O4/c1-12-15(11-24-14-8-6-13(23-2)7-9-14)17(21-25-12)18(22)20-16-5-3-4-10-19-16/h3-10H,11H2,1-2H3,(H,19,20,22). The lowest BCUT2D eigenvalue weighted by atomic mass is 10.2. The number of carbonyl (C=O) groups is 1. The third kappa shape index (κ3) is 3.95. The molecule has 3 rings (SSSR count). The number of hydrogen-bond donors (Lipinski definition) is 1. The molecule has 0 saturated carbocycles. The second kappa shape index (κ2) is 7.48. The van der Waals surface area contributed by atoms with E-state index in [1.54, 1.807) is 62.7 Å². The van der Waals surface area contributed by atoms with Crippen molar-refractivity contribution in [3.8, 4) is 11.5 Å². The fourth-order valence-corrected chi connectivity index (χ4v) is 2.18. The van der Waals surface area contributed by atoms with Gasteiger partial charge in [-0.3, -0.25) is 4.79 Å². The zero-order valence-corrected chi connectivity index (χ0v) is 13.9. The molecule has 0 aliphatic heterocycles. The van der Waals surface area contributed by atoms with E-state index >= 15 is 0 Å². The number of rotatable bonds is 6. The van der Waals surface area contributed by atoms with Crippen LogP contribution in [0.3, 0.4) is 0 Å². The van der Waals surface area contributed by atoms with E-state index in [4.69, 9.17) is 14.0 Å². The smallest absolute Gasteiger partial charge is 0.279 e. The van der Waals surface area contributed by atoms with E-state index in [-0.39, 0.29) is 12.3 Å². The van der Waals surface area contributed by atoms with Crippen molar-refractivity contribution in [2.24, 2.45) is 0 Å². The Balaban J connectivity index is 1.71. The maximum atomic E-state index is 12.4. The largest absolute Gasteiger partial charge is 0.497 e. The van der Waals surface area contributed by atoms with E-state index in [0.717, 1.165) is 5.75 Å². The topological polar surface area (TPSA) is 86.5 Å². The molecule has 0 aliphatic carbocycles. The van der Waals surface area contributed by atoms with E-state index in [1.165, 1.54) is 0 Å². The van der Waals surface area contributed by atoms with E-state index in [0.29, 0.717) is 22.9 Å². The third-order valence-corrected chi connectivity index (χ3v) is 3.55. The highest BCUT2D eigenvalue weighted by Gasteiger charge is 2.20. The number of methoxy groups -OCH3 is 1. The molecule has 2 heterocycles. The van der Waals surface area contributed by atoms with Gasteiger partial charge in [-0.2, -0.15) is 0 Å². The molecule has 1 amide bonds. The van der Waals surface area contributed by atoms with Crippen LogP contribution in [0.25, 0.3) is 0 Å². The van der Waals surface area contributed by atoms with E-state index in [1.807, 2.05) is 0 Å². The summed E-state index contributed by atoms with van der Waals surface area (Å²) in [7, 11) is 1.60. The molecule has 1 aromatic carbocycles. The molecule has 0 radical (unpaired) electrons. The lowest BCUT2D eigenvalue weighted by Gasteiger charge is -2.08. The molecule has 0 bridgehead atoms. The van der Waals surface area contributed by atoms with Crippen molar-refractivity contribution < 1.29 is 18.8 Å². The first-order valence-corrected chi connectivity index (χ1v) is 7.62. The Morgan fingerprint density at radius 1 is 1.16 bits per heavy atom. The minimum atomic E-state index is -0.399. The summed E-state index contributed by atoms with van der Waals surface area (Å²) in [6.45, 7) is 1.89. The average molecular weight is 339 g/mol. The van der Waals surface area contributed by atoms with Gasteiger partial charge in [0.05, 0.1) is 12.7 Å². The van der Waals surface area contributed by atoms with Crippen molar-refractivity contribution >= 4 is 11.7 Å². The van der Waals surface area contributed by atoms with Gasteiger partial charge >= 0.3 is 0 Å². The maximum absolute atomic E-state index is 12.4. The highest BCUT2D eigenvalue weighted by atomic mass is 16.5. The molecular weight excluding hydrogens is 322 g/mol. The SMILES string of the molecule is COc1ccc(OCc2c(C(=O)Nc3ccccn3)noc2C)cc1. The molecule has 0 fully saturated rings. The van der Waals surface area contributed by atoms with Crippen LogP contribution in [0.15, 0.2) is 53.2 Å². The molecule has 7 heteroatoms. The third-order valence-electron chi connectivity index (χ3n) is 3.55. The Kier molecular flexibility index (Phi) is 4.94. The molecular formula is C18H17N3O4. The van der Waals surface area contributed by atoms with Crippen LogP contribution >= 0.6 is 0 Å². The Morgan fingerprint density at radius 2 is 1.92 bits per heavy atom. The quantitative estimate of drug-likeness (QED) is 0.742. The number of anilines is 1. The van der Waals surface area contributed by atoms with Crippen molar-refractivity contribution in [1.82, 2.24) is 10.1 Å². The fourth-order valence-electron chi connectivity index (χ4n) is 2.18. The zero-order valence-electron chi connectivity index (χ0n) is 13.9. The lowest BCUT2D eigenvalue weighted by molar-refractivity contribution is 0.101. The zero-order chi connectivity index (χ0) is 17.6. The molecule has 2 aromatic heterocycles. The second-order valence-corrected chi connectivity index (χ2v) is 5.20. The molecule has 0 saturated heterocycles. The van der Waals surface area contributed by atoms with Crippen molar-refractivity contribution in [2.75, 3.05) is 12.4 Å². The summed E-state index contributed by atoms with van der Waals surface area (Å²) < 4.78 is 16.0. The number of aromatic nitrogens is 2. The maximum Gasteiger partial charge on any atom is 0.279 e. The highest BCUT2D eigenvalue weighted by molar-refractivity contribution is 6.03. The van der Waals surface area contributed by atoms with Crippen LogP contribution in [0.5, 0.6) is 11.5 Å². The molecule has 25 heavy (non-hydrogen) atoms. The Hall–Kier alpha value is -3.35. The van der Waals surface area contributed by atoms with Crippen LogP contribution in [0.2, 0.25) is 0 Å². The highest BCUT2D eigenvalue weighted by Crippen LogP contribution is 2.21. The van der Waals surface area contributed by atoms with Gasteiger partial charge in [0.1, 0.15) is 29.7 Å². The van der Waals surface area contributed by atoms with Gasteiger partial charge in [-0.25, -0.2) is 4.98 Å². The molecule has 0 aliphatic rings. The summed E-state index contributed by atoms with van der Waals surface area (Å²) in [5.74, 6) is 1.96. The summed E-state index contributed by atoms with van der Waals surface area (Å²) in [5, 5.41) is 6.52. The van der Waals surface area contributed by atoms with Crippen molar-refractivity contribution in [1.29, 1.82) is 0 Å². The van der Waals surface area contributed by atoms with Crippen molar-refractivity contribution in [2.45, 2.75) is 13.5 Å². The predicted molar refractivity (Wildman–Crippen MR) is 90.8 cm³/mol. The summed E-state index contributed by atoms with van der Waals surface area (Å²) in [4.78, 5) is 16.5. The number of carbonyl (C=O) groups excluding carboxylic acids is 1. The summed E-state index contributed by atoms with van der Waals surface area (Å²) in [6.07, 6.45) is 1.59. The van der Waals surface area contributed by atoms with E-state index in [9.17, 15) is 4.79 Å². The monoisotopic (exact) mass is 339 g/mol. The first-order chi connectivity index (χ1) is 12.2. The van der Waals surface area contributed by atoms with Gasteiger partial charge in [0, 0.05) is 6.20 Å². The van der Waals surface area contributed by atoms with E-state index in [2.05, 4.69) is 15.5 Å². The van der Waals surface area contributed by atoms with Crippen molar-refractivity contribution in [3.05, 3.63) is 65.7 Å². The van der Waals surface area contributed by atoms with Gasteiger partial charge in [-0.15, -0.1) is 0 Å². The fraction of sp³-hybridized carbons (Fsp3) is 0.167. The first kappa shape index (κ1) is 16.5. The van der Waals surface area contributed by atoms with Gasteiger partial charge in [-0.1, -0.05) is 11.2 Å². The van der Waals surface area contributed by atoms with Crippen LogP contribution < -0.4 is 14.8 Å². The number of pyridine rings is 1. The van der Waals surface area contributed by atoms with Gasteiger partial charge in [0.15, 0.2) is 5.69 Å². The Morgan fingerprint density at radius 3 is 2.60 bits per heavy atom. The normalized spacial score (nSPS) is 10.3. The van der Waals surface area contributed by atoms with Crippen LogP contribution in [0, 0.1) is 6.92 Å². The summed E-state index contributed by atoms with van der Waals surface area (Å²) in [6, 6.07) is 12.4. The summed E-state index contributed by atoms with van der Waals surface area (Å²) >= 11 is 0. The lowest BCUT2D eigenvalue weighted by Crippen LogP contribution is -2.16. The van der Waals surface area contributed by atoms with Crippen LogP contribution in [-0.2, 0) is 6.61 Å². The first-order valence-electron chi connectivity index (χ1n) is 7.62. The molecule has 0 unspecified atom stereocenters. The molecule has 0 atom stereocenters. The van der Waals surface area contributed by atoms with Gasteiger partial charge in [0.25, 0.3) is 5.91 Å². The van der Waals surface area contributed by atoms with E-state index < -0.39 is 5.91 Å². The minimum Gasteiger partial charge on any atom is -0.497 e. The molecule has 3 aromatic rings. The number of amides is 1. The number of benzene rings is 1. The van der Waals surface area contributed by atoms with Crippen LogP contribution in [0.4, 0.5) is 5.82 Å². The Labute approximate surface area is 144 Å². The minimum absolute atomic E-state index is 0.159. The average Bonchev–Trinajstić information content (AvgIpc) is 3.02. The van der Waals surface area contributed by atoms with Gasteiger partial charge in [-0.05, 0) is 43.3 Å². The number of ether oxygens (including phenoxy) is 2. The molecule has 7 nitrogen and oxygen atoms in total. The molecule has 0 spiro atoms. The van der Waals surface area contributed by atoms with Gasteiger partial charge < -0.3 is 19.3 Å². The number of aryl methyl sites for hydroxylation is 1. The van der Waals surface area contributed by atoms with Crippen LogP contribution in [0.1, 0.15) is 21.8 Å². The second-order valence-electron chi connectivity index (χ2n) is 5.20. The number of hydrogen-bond acceptors (Lipinski definition) is 6. The van der Waals surface area contributed by atoms with Crippen LogP contribution in [-0.4, -0.2) is 23.2 Å². The molecule has 1 N–H and O–H groups in total. The number of nitrogens with zero attached hydrogens (tertiary/aromatic N) is 2.